The van der Waals surface area contributed by atoms with Gasteiger partial charge in [-0.15, -0.1) is 0 Å². The van der Waals surface area contributed by atoms with Crippen molar-refractivity contribution >= 4 is 17.7 Å². The van der Waals surface area contributed by atoms with Gasteiger partial charge in [-0.05, 0) is 31.2 Å². The third-order valence-corrected chi connectivity index (χ3v) is 3.57. The first-order valence-electron chi connectivity index (χ1n) is 6.66. The fraction of sp³-hybridized carbons (Fsp3) is 0.429. The van der Waals surface area contributed by atoms with Gasteiger partial charge in [0.05, 0.1) is 11.3 Å². The summed E-state index contributed by atoms with van der Waals surface area (Å²) < 4.78 is 26.8. The average Bonchev–Trinajstić information content (AvgIpc) is 2.77. The van der Waals surface area contributed by atoms with Gasteiger partial charge in [0, 0.05) is 12.1 Å². The average molecular weight is 298 g/mol. The highest BCUT2D eigenvalue weighted by atomic mass is 19.1. The van der Waals surface area contributed by atoms with Crippen LogP contribution >= 0.6 is 0 Å². The number of urea groups is 1. The topological polar surface area (TPSA) is 78.4 Å². The molecule has 114 valence electrons. The molecule has 2 rings (SSSR count). The number of amides is 2. The van der Waals surface area contributed by atoms with Crippen LogP contribution in [0.1, 0.15) is 36.5 Å². The van der Waals surface area contributed by atoms with Gasteiger partial charge in [-0.1, -0.05) is 6.92 Å². The van der Waals surface area contributed by atoms with Crippen molar-refractivity contribution in [2.75, 3.05) is 5.32 Å². The molecule has 0 radical (unpaired) electrons. The third-order valence-electron chi connectivity index (χ3n) is 3.57. The molecule has 2 atom stereocenters. The van der Waals surface area contributed by atoms with Crippen LogP contribution in [-0.4, -0.2) is 23.1 Å². The number of rotatable bonds is 3. The molecule has 0 bridgehead atoms. The smallest absolute Gasteiger partial charge is 0.338 e. The molecule has 1 fully saturated rings. The molecule has 1 saturated carbocycles. The van der Waals surface area contributed by atoms with E-state index in [1.54, 1.807) is 0 Å². The van der Waals surface area contributed by atoms with Crippen LogP contribution in [0.15, 0.2) is 12.1 Å². The number of benzene rings is 1. The summed E-state index contributed by atoms with van der Waals surface area (Å²) in [6.45, 7) is 2.08. The van der Waals surface area contributed by atoms with Gasteiger partial charge >= 0.3 is 12.0 Å². The van der Waals surface area contributed by atoms with E-state index in [1.807, 2.05) is 0 Å². The lowest BCUT2D eigenvalue weighted by Crippen LogP contribution is -2.36. The highest BCUT2D eigenvalue weighted by Crippen LogP contribution is 2.25. The number of carboxylic acid groups (broad SMARTS) is 1. The molecule has 3 N–H and O–H groups in total. The van der Waals surface area contributed by atoms with Crippen LogP contribution in [-0.2, 0) is 0 Å². The zero-order valence-corrected chi connectivity index (χ0v) is 11.5. The van der Waals surface area contributed by atoms with Crippen LogP contribution < -0.4 is 10.6 Å². The Morgan fingerprint density at radius 1 is 1.24 bits per heavy atom. The minimum absolute atomic E-state index is 0.0162. The summed E-state index contributed by atoms with van der Waals surface area (Å²) >= 11 is 0. The quantitative estimate of drug-likeness (QED) is 0.802. The third kappa shape index (κ3) is 3.68. The Morgan fingerprint density at radius 3 is 2.52 bits per heavy atom. The van der Waals surface area contributed by atoms with Crippen LogP contribution in [0.25, 0.3) is 0 Å². The predicted molar refractivity (Wildman–Crippen MR) is 72.3 cm³/mol. The summed E-state index contributed by atoms with van der Waals surface area (Å²) in [5, 5.41) is 13.7. The molecular weight excluding hydrogens is 282 g/mol. The highest BCUT2D eigenvalue weighted by Gasteiger charge is 2.23. The van der Waals surface area contributed by atoms with E-state index in [2.05, 4.69) is 17.6 Å². The predicted octanol–water partition coefficient (Wildman–Crippen LogP) is 2.97. The molecule has 0 heterocycles. The van der Waals surface area contributed by atoms with Crippen molar-refractivity contribution in [2.24, 2.45) is 5.92 Å². The van der Waals surface area contributed by atoms with Gasteiger partial charge in [0.1, 0.15) is 11.6 Å². The number of carbonyl (C=O) groups excluding carboxylic acids is 1. The number of nitrogens with one attached hydrogen (secondary N) is 2. The van der Waals surface area contributed by atoms with E-state index >= 15 is 0 Å². The van der Waals surface area contributed by atoms with E-state index in [0.717, 1.165) is 25.3 Å². The molecule has 0 aliphatic heterocycles. The van der Waals surface area contributed by atoms with E-state index < -0.39 is 29.2 Å². The van der Waals surface area contributed by atoms with E-state index in [0.29, 0.717) is 12.0 Å². The van der Waals surface area contributed by atoms with Crippen LogP contribution in [0.3, 0.4) is 0 Å². The Morgan fingerprint density at radius 2 is 1.95 bits per heavy atom. The van der Waals surface area contributed by atoms with E-state index in [4.69, 9.17) is 5.11 Å². The molecule has 21 heavy (non-hydrogen) atoms. The standard InChI is InChI=1S/C14H16F2N2O3/c1-7-2-3-8(4-7)17-14(21)18-12-5-9(13(19)20)10(15)6-11(12)16/h5-8H,2-4H2,1H3,(H,19,20)(H2,17,18,21). The zero-order chi connectivity index (χ0) is 15.6. The Bertz CT molecular complexity index is 578. The molecule has 5 nitrogen and oxygen atoms in total. The fourth-order valence-electron chi connectivity index (χ4n) is 2.49. The molecule has 1 aromatic rings. The van der Waals surface area contributed by atoms with Crippen LogP contribution in [0.5, 0.6) is 0 Å². The summed E-state index contributed by atoms with van der Waals surface area (Å²) in [6, 6.07) is 0.596. The van der Waals surface area contributed by atoms with E-state index in [9.17, 15) is 18.4 Å². The number of carbonyl (C=O) groups is 2. The molecule has 2 unspecified atom stereocenters. The van der Waals surface area contributed by atoms with Crippen molar-refractivity contribution in [2.45, 2.75) is 32.2 Å². The molecule has 1 aromatic carbocycles. The van der Waals surface area contributed by atoms with Crippen molar-refractivity contribution in [1.29, 1.82) is 0 Å². The molecule has 1 aliphatic rings. The van der Waals surface area contributed by atoms with Crippen molar-refractivity contribution in [3.63, 3.8) is 0 Å². The summed E-state index contributed by atoms with van der Waals surface area (Å²) in [7, 11) is 0. The second kappa shape index (κ2) is 6.07. The van der Waals surface area contributed by atoms with Crippen LogP contribution in [0.2, 0.25) is 0 Å². The molecule has 7 heteroatoms. The van der Waals surface area contributed by atoms with Crippen LogP contribution in [0.4, 0.5) is 19.3 Å². The van der Waals surface area contributed by atoms with Gasteiger partial charge in [-0.3, -0.25) is 0 Å². The largest absolute Gasteiger partial charge is 0.478 e. The lowest BCUT2D eigenvalue weighted by Gasteiger charge is -2.14. The zero-order valence-electron chi connectivity index (χ0n) is 11.5. The Balaban J connectivity index is 2.06. The van der Waals surface area contributed by atoms with Crippen molar-refractivity contribution in [3.05, 3.63) is 29.3 Å². The Labute approximate surface area is 120 Å². The minimum atomic E-state index is -1.53. The normalized spacial score (nSPS) is 21.1. The van der Waals surface area contributed by atoms with Crippen molar-refractivity contribution in [3.8, 4) is 0 Å². The van der Waals surface area contributed by atoms with Gasteiger partial charge in [-0.25, -0.2) is 18.4 Å². The summed E-state index contributed by atoms with van der Waals surface area (Å²) in [6.07, 6.45) is 2.71. The molecule has 0 aromatic heterocycles. The van der Waals surface area contributed by atoms with Gasteiger partial charge in [0.2, 0.25) is 0 Å². The van der Waals surface area contributed by atoms with Crippen molar-refractivity contribution < 1.29 is 23.5 Å². The number of anilines is 1. The fourth-order valence-corrected chi connectivity index (χ4v) is 2.49. The summed E-state index contributed by atoms with van der Waals surface area (Å²) in [5.41, 5.74) is -1.06. The maximum Gasteiger partial charge on any atom is 0.338 e. The Kier molecular flexibility index (Phi) is 4.40. The van der Waals surface area contributed by atoms with E-state index in [-0.39, 0.29) is 11.7 Å². The molecule has 2 amide bonds. The second-order valence-corrected chi connectivity index (χ2v) is 5.33. The van der Waals surface area contributed by atoms with Crippen LogP contribution in [0, 0.1) is 17.6 Å². The number of hydrogen-bond acceptors (Lipinski definition) is 2. The molecular formula is C14H16F2N2O3. The number of carboxylic acids is 1. The Hall–Kier alpha value is -2.18. The summed E-state index contributed by atoms with van der Waals surface area (Å²) in [5.74, 6) is -3.21. The first kappa shape index (κ1) is 15.2. The lowest BCUT2D eigenvalue weighted by molar-refractivity contribution is 0.0692. The SMILES string of the molecule is CC1CCC(NC(=O)Nc2cc(C(=O)O)c(F)cc2F)C1. The van der Waals surface area contributed by atoms with Gasteiger partial charge in [-0.2, -0.15) is 0 Å². The highest BCUT2D eigenvalue weighted by molar-refractivity contribution is 5.93. The molecule has 0 saturated heterocycles. The molecule has 0 spiro atoms. The maximum absolute atomic E-state index is 13.6. The van der Waals surface area contributed by atoms with Crippen molar-refractivity contribution in [1.82, 2.24) is 5.32 Å². The summed E-state index contributed by atoms with van der Waals surface area (Å²) in [4.78, 5) is 22.6. The van der Waals surface area contributed by atoms with Gasteiger partial charge in [0.15, 0.2) is 0 Å². The molecule has 1 aliphatic carbocycles. The number of halogens is 2. The first-order chi connectivity index (χ1) is 9.86. The van der Waals surface area contributed by atoms with Gasteiger partial charge < -0.3 is 15.7 Å². The van der Waals surface area contributed by atoms with Gasteiger partial charge in [0.25, 0.3) is 0 Å². The number of aromatic carboxylic acids is 1. The second-order valence-electron chi connectivity index (χ2n) is 5.33. The lowest BCUT2D eigenvalue weighted by atomic mass is 10.1. The number of hydrogen-bond donors (Lipinski definition) is 3. The monoisotopic (exact) mass is 298 g/mol. The minimum Gasteiger partial charge on any atom is -0.478 e. The van der Waals surface area contributed by atoms with E-state index in [1.165, 1.54) is 0 Å². The first-order valence-corrected chi connectivity index (χ1v) is 6.66. The maximum atomic E-state index is 13.6.